The molecule has 3 atom stereocenters. The topological polar surface area (TPSA) is 109 Å². The number of phenols is 1. The molecule has 234 valence electrons. The zero-order valence-corrected chi connectivity index (χ0v) is 25.1. The number of aryl methyl sites for hydroxylation is 2. The molecular weight excluding hydrogens is 570 g/mol. The molecule has 0 saturated carbocycles. The van der Waals surface area contributed by atoms with Crippen molar-refractivity contribution in [2.24, 2.45) is 7.05 Å². The van der Waals surface area contributed by atoms with Gasteiger partial charge >= 0.3 is 6.01 Å². The average Bonchev–Trinajstić information content (AvgIpc) is 3.53. The highest BCUT2D eigenvalue weighted by molar-refractivity contribution is 5.96. The number of fused-ring (bicyclic) bond motifs is 3. The number of halogens is 2. The van der Waals surface area contributed by atoms with E-state index in [-0.39, 0.29) is 29.6 Å². The monoisotopic (exact) mass is 608 g/mol. The van der Waals surface area contributed by atoms with Gasteiger partial charge in [-0.25, -0.2) is 13.5 Å². The van der Waals surface area contributed by atoms with E-state index in [1.807, 2.05) is 11.8 Å². The Kier molecular flexibility index (Phi) is 7.24. The molecule has 0 bridgehead atoms. The molecule has 12 heteroatoms. The van der Waals surface area contributed by atoms with Crippen molar-refractivity contribution in [2.45, 2.75) is 69.7 Å². The third-order valence-corrected chi connectivity index (χ3v) is 9.80. The first kappa shape index (κ1) is 29.0. The van der Waals surface area contributed by atoms with E-state index in [2.05, 4.69) is 4.90 Å². The molecule has 2 N–H and O–H groups in total. The third kappa shape index (κ3) is 4.70. The number of nitrogens with zero attached hydrogens (tertiary/aromatic N) is 6. The van der Waals surface area contributed by atoms with Crippen LogP contribution >= 0.6 is 0 Å². The zero-order chi connectivity index (χ0) is 30.7. The third-order valence-electron chi connectivity index (χ3n) is 9.80. The van der Waals surface area contributed by atoms with Gasteiger partial charge in [0.2, 0.25) is 0 Å². The van der Waals surface area contributed by atoms with Gasteiger partial charge in [0.25, 0.3) is 5.56 Å². The van der Waals surface area contributed by atoms with Gasteiger partial charge in [-0.15, -0.1) is 0 Å². The van der Waals surface area contributed by atoms with Crippen molar-refractivity contribution in [2.75, 3.05) is 37.7 Å². The maximum absolute atomic E-state index is 15.0. The number of phenolic OH excluding ortho intramolecular Hbond substituents is 1. The number of aliphatic hydroxyl groups excluding tert-OH is 1. The number of alkyl halides is 1. The molecule has 2 aromatic carbocycles. The van der Waals surface area contributed by atoms with Gasteiger partial charge in [-0.3, -0.25) is 14.4 Å². The van der Waals surface area contributed by atoms with Crippen LogP contribution in [0.2, 0.25) is 0 Å². The van der Waals surface area contributed by atoms with Crippen LogP contribution in [-0.4, -0.2) is 85.0 Å². The predicted molar refractivity (Wildman–Crippen MR) is 163 cm³/mol. The lowest BCUT2D eigenvalue weighted by molar-refractivity contribution is 0.107. The summed E-state index contributed by atoms with van der Waals surface area (Å²) in [6, 6.07) is 6.08. The van der Waals surface area contributed by atoms with E-state index in [4.69, 9.17) is 14.7 Å². The summed E-state index contributed by atoms with van der Waals surface area (Å²) in [5, 5.41) is 22.4. The number of rotatable bonds is 6. The van der Waals surface area contributed by atoms with E-state index < -0.39 is 23.4 Å². The molecule has 4 aromatic rings. The maximum Gasteiger partial charge on any atom is 0.320 e. The minimum absolute atomic E-state index is 0.0572. The van der Waals surface area contributed by atoms with Crippen LogP contribution < -0.4 is 15.2 Å². The first-order valence-corrected chi connectivity index (χ1v) is 15.6. The van der Waals surface area contributed by atoms with Crippen LogP contribution in [0.1, 0.15) is 51.0 Å². The van der Waals surface area contributed by atoms with Crippen molar-refractivity contribution in [3.05, 3.63) is 46.0 Å². The van der Waals surface area contributed by atoms with Crippen molar-refractivity contribution in [1.29, 1.82) is 0 Å². The van der Waals surface area contributed by atoms with Crippen LogP contribution in [-0.2, 0) is 13.5 Å². The standard InChI is InChI=1S/C32H38F2N6O4/c1-3-23-24(34)8-7-19-14-22(42)15-25(26(19)23)40-30(43)27-28(37(40)2)35-31(36-29(27)38-11-4-6-21(41)9-13-38)44-18-32-10-5-12-39(32)17-20(33)16-32/h7-8,14-15,20-21,41-42H,3-6,9-13,16-18H2,1-2H3/t20-,21+,32+/m1/s1. The Balaban J connectivity index is 1.41. The van der Waals surface area contributed by atoms with Gasteiger partial charge in [-0.2, -0.15) is 9.97 Å². The summed E-state index contributed by atoms with van der Waals surface area (Å²) < 4.78 is 38.7. The SMILES string of the molecule is CCc1c(F)ccc2cc(O)cc(-n3c(=O)c4c(N5CCC[C@H](O)CC5)nc(OC[C@@]56CCCN5C[C@H](F)C6)nc4n3C)c12. The van der Waals surface area contributed by atoms with Crippen molar-refractivity contribution in [3.63, 3.8) is 0 Å². The number of hydrogen-bond acceptors (Lipinski definition) is 8. The minimum atomic E-state index is -0.897. The first-order chi connectivity index (χ1) is 21.2. The summed E-state index contributed by atoms with van der Waals surface area (Å²) in [5.41, 5.74) is 0.283. The van der Waals surface area contributed by atoms with Crippen LogP contribution in [0.15, 0.2) is 29.1 Å². The smallest absolute Gasteiger partial charge is 0.320 e. The second-order valence-electron chi connectivity index (χ2n) is 12.5. The highest BCUT2D eigenvalue weighted by atomic mass is 19.1. The lowest BCUT2D eigenvalue weighted by Crippen LogP contribution is -2.43. The molecule has 0 amide bonds. The van der Waals surface area contributed by atoms with Gasteiger partial charge < -0.3 is 19.8 Å². The molecule has 3 aliphatic heterocycles. The number of ether oxygens (including phenoxy) is 1. The van der Waals surface area contributed by atoms with Crippen LogP contribution in [0.4, 0.5) is 14.6 Å². The van der Waals surface area contributed by atoms with E-state index in [1.54, 1.807) is 23.9 Å². The fraction of sp³-hybridized carbons (Fsp3) is 0.531. The molecule has 0 spiro atoms. The van der Waals surface area contributed by atoms with Gasteiger partial charge in [-0.05, 0) is 68.2 Å². The molecule has 0 aliphatic carbocycles. The fourth-order valence-corrected chi connectivity index (χ4v) is 7.67. The van der Waals surface area contributed by atoms with Crippen molar-refractivity contribution < 1.29 is 23.7 Å². The second-order valence-corrected chi connectivity index (χ2v) is 12.5. The molecule has 0 radical (unpaired) electrons. The Hall–Kier alpha value is -3.77. The van der Waals surface area contributed by atoms with Crippen molar-refractivity contribution >= 4 is 27.6 Å². The van der Waals surface area contributed by atoms with Crippen LogP contribution in [0.25, 0.3) is 27.5 Å². The van der Waals surface area contributed by atoms with Crippen molar-refractivity contribution in [3.8, 4) is 17.4 Å². The van der Waals surface area contributed by atoms with E-state index >= 15 is 4.39 Å². The number of anilines is 1. The van der Waals surface area contributed by atoms with Gasteiger partial charge in [0, 0.05) is 44.6 Å². The van der Waals surface area contributed by atoms with Gasteiger partial charge in [0.05, 0.1) is 17.3 Å². The Labute approximate surface area is 253 Å². The molecule has 2 aromatic heterocycles. The molecule has 3 saturated heterocycles. The highest BCUT2D eigenvalue weighted by Gasteiger charge is 2.49. The molecule has 5 heterocycles. The van der Waals surface area contributed by atoms with E-state index in [0.717, 1.165) is 25.8 Å². The normalized spacial score (nSPS) is 24.3. The summed E-state index contributed by atoms with van der Waals surface area (Å²) in [4.78, 5) is 28.0. The quantitative estimate of drug-likeness (QED) is 0.339. The van der Waals surface area contributed by atoms with Gasteiger partial charge in [0.15, 0.2) is 11.5 Å². The summed E-state index contributed by atoms with van der Waals surface area (Å²) in [5.74, 6) is -0.0422. The maximum atomic E-state index is 15.0. The molecular formula is C32H38F2N6O4. The molecule has 44 heavy (non-hydrogen) atoms. The summed E-state index contributed by atoms with van der Waals surface area (Å²) >= 11 is 0. The average molecular weight is 609 g/mol. The molecule has 7 rings (SSSR count). The number of aliphatic hydroxyl groups is 1. The van der Waals surface area contributed by atoms with E-state index in [1.165, 1.54) is 16.8 Å². The number of benzene rings is 2. The highest BCUT2D eigenvalue weighted by Crippen LogP contribution is 2.40. The lowest BCUT2D eigenvalue weighted by atomic mass is 9.95. The van der Waals surface area contributed by atoms with Crippen LogP contribution in [0.3, 0.4) is 0 Å². The minimum Gasteiger partial charge on any atom is -0.508 e. The molecule has 10 nitrogen and oxygen atoms in total. The van der Waals surface area contributed by atoms with Crippen molar-refractivity contribution in [1.82, 2.24) is 24.2 Å². The zero-order valence-electron chi connectivity index (χ0n) is 25.1. The molecule has 0 unspecified atom stereocenters. The van der Waals surface area contributed by atoms with E-state index in [9.17, 15) is 19.4 Å². The first-order valence-electron chi connectivity index (χ1n) is 15.6. The summed E-state index contributed by atoms with van der Waals surface area (Å²) in [7, 11) is 1.69. The Morgan fingerprint density at radius 1 is 1.11 bits per heavy atom. The lowest BCUT2D eigenvalue weighted by Gasteiger charge is -2.31. The van der Waals surface area contributed by atoms with E-state index in [0.29, 0.717) is 78.8 Å². The van der Waals surface area contributed by atoms with Crippen LogP contribution in [0.5, 0.6) is 11.8 Å². The molecule has 3 fully saturated rings. The number of aromatic nitrogens is 4. The largest absolute Gasteiger partial charge is 0.508 e. The predicted octanol–water partition coefficient (Wildman–Crippen LogP) is 3.99. The number of hydrogen-bond donors (Lipinski definition) is 2. The second kappa shape index (κ2) is 11.0. The Bertz CT molecular complexity index is 1810. The fourth-order valence-electron chi connectivity index (χ4n) is 7.67. The van der Waals surface area contributed by atoms with Gasteiger partial charge in [-0.1, -0.05) is 13.0 Å². The van der Waals surface area contributed by atoms with Gasteiger partial charge in [0.1, 0.15) is 29.7 Å². The number of aromatic hydroxyl groups is 1. The molecule has 3 aliphatic rings. The Morgan fingerprint density at radius 3 is 2.77 bits per heavy atom. The summed E-state index contributed by atoms with van der Waals surface area (Å²) in [6.07, 6.45) is 3.16. The van der Waals surface area contributed by atoms with Crippen LogP contribution in [0, 0.1) is 5.82 Å². The summed E-state index contributed by atoms with van der Waals surface area (Å²) in [6.45, 7) is 4.39. The Morgan fingerprint density at radius 2 is 1.95 bits per heavy atom.